The van der Waals surface area contributed by atoms with Crippen LogP contribution in [0.15, 0.2) is 12.1 Å². The fourth-order valence-corrected chi connectivity index (χ4v) is 2.72. The van der Waals surface area contributed by atoms with Crippen LogP contribution in [0.3, 0.4) is 0 Å². The van der Waals surface area contributed by atoms with Crippen LogP contribution in [0.25, 0.3) is 0 Å². The Hall–Kier alpha value is -0.490. The van der Waals surface area contributed by atoms with E-state index in [1.165, 1.54) is 6.07 Å². The van der Waals surface area contributed by atoms with Crippen molar-refractivity contribution in [1.82, 2.24) is 10.2 Å². The number of rotatable bonds is 5. The molecule has 22 heavy (non-hydrogen) atoms. The van der Waals surface area contributed by atoms with Crippen molar-refractivity contribution in [2.45, 2.75) is 32.2 Å². The van der Waals surface area contributed by atoms with E-state index in [-0.39, 0.29) is 36.4 Å². The van der Waals surface area contributed by atoms with Crippen LogP contribution >= 0.6 is 24.8 Å². The lowest BCUT2D eigenvalue weighted by Gasteiger charge is -2.35. The third-order valence-electron chi connectivity index (χ3n) is 3.85. The van der Waals surface area contributed by atoms with Crippen LogP contribution in [0.4, 0.5) is 13.2 Å². The molecule has 0 aromatic heterocycles. The van der Waals surface area contributed by atoms with Gasteiger partial charge in [-0.25, -0.2) is 13.2 Å². The molecule has 0 bridgehead atoms. The minimum atomic E-state index is -1.36. The third-order valence-corrected chi connectivity index (χ3v) is 3.85. The largest absolute Gasteiger partial charge is 0.314 e. The number of halogens is 5. The van der Waals surface area contributed by atoms with Gasteiger partial charge in [-0.1, -0.05) is 25.8 Å². The molecule has 0 aliphatic carbocycles. The summed E-state index contributed by atoms with van der Waals surface area (Å²) in [6.45, 7) is 5.35. The number of benzene rings is 1. The maximum atomic E-state index is 14.0. The van der Waals surface area contributed by atoms with Gasteiger partial charge in [-0.2, -0.15) is 0 Å². The molecule has 1 aliphatic rings. The van der Waals surface area contributed by atoms with Gasteiger partial charge in [0.2, 0.25) is 0 Å². The molecule has 1 atom stereocenters. The van der Waals surface area contributed by atoms with Gasteiger partial charge in [0.15, 0.2) is 17.5 Å². The number of hydrogen-bond acceptors (Lipinski definition) is 2. The smallest absolute Gasteiger partial charge is 0.194 e. The monoisotopic (exact) mass is 358 g/mol. The quantitative estimate of drug-likeness (QED) is 0.797. The second kappa shape index (κ2) is 10.3. The number of nitrogens with one attached hydrogen (secondary N) is 1. The molecule has 1 heterocycles. The fraction of sp³-hybridized carbons (Fsp3) is 0.600. The van der Waals surface area contributed by atoms with Gasteiger partial charge in [0.1, 0.15) is 0 Å². The molecule has 0 spiro atoms. The first-order valence-electron chi connectivity index (χ1n) is 7.23. The summed E-state index contributed by atoms with van der Waals surface area (Å²) >= 11 is 0. The maximum absolute atomic E-state index is 14.0. The van der Waals surface area contributed by atoms with E-state index >= 15 is 0 Å². The highest BCUT2D eigenvalue weighted by atomic mass is 35.5. The molecule has 1 aromatic carbocycles. The predicted octanol–water partition coefficient (Wildman–Crippen LogP) is 4.08. The average molecular weight is 359 g/mol. The zero-order valence-corrected chi connectivity index (χ0v) is 14.2. The molecule has 0 unspecified atom stereocenters. The lowest BCUT2D eigenvalue weighted by Crippen LogP contribution is -2.45. The number of unbranched alkanes of at least 4 members (excludes halogenated alkanes) is 1. The van der Waals surface area contributed by atoms with E-state index in [2.05, 4.69) is 17.1 Å². The average Bonchev–Trinajstić information content (AvgIpc) is 2.48. The summed E-state index contributed by atoms with van der Waals surface area (Å²) < 4.78 is 40.6. The van der Waals surface area contributed by atoms with Crippen molar-refractivity contribution in [1.29, 1.82) is 0 Å². The number of hydrogen-bond donors (Lipinski definition) is 1. The first-order chi connectivity index (χ1) is 9.65. The summed E-state index contributed by atoms with van der Waals surface area (Å²) in [4.78, 5) is 2.15. The van der Waals surface area contributed by atoms with Gasteiger partial charge in [-0.3, -0.25) is 4.90 Å². The van der Waals surface area contributed by atoms with Gasteiger partial charge in [0, 0.05) is 37.8 Å². The Morgan fingerprint density at radius 1 is 1.09 bits per heavy atom. The van der Waals surface area contributed by atoms with E-state index in [1.54, 1.807) is 0 Å². The van der Waals surface area contributed by atoms with Crippen LogP contribution in [0.1, 0.15) is 37.8 Å². The normalized spacial score (nSPS) is 16.5. The van der Waals surface area contributed by atoms with Crippen LogP contribution < -0.4 is 5.32 Å². The molecule has 1 fully saturated rings. The highest BCUT2D eigenvalue weighted by Crippen LogP contribution is 2.30. The van der Waals surface area contributed by atoms with Crippen molar-refractivity contribution in [3.8, 4) is 0 Å². The minimum Gasteiger partial charge on any atom is -0.314 e. The molecule has 2 nitrogen and oxygen atoms in total. The molecular weight excluding hydrogens is 336 g/mol. The van der Waals surface area contributed by atoms with Crippen molar-refractivity contribution in [2.24, 2.45) is 0 Å². The van der Waals surface area contributed by atoms with Crippen molar-refractivity contribution in [3.05, 3.63) is 35.1 Å². The van der Waals surface area contributed by atoms with Crippen LogP contribution in [-0.2, 0) is 0 Å². The SMILES string of the molecule is CCCC[C@@H](c1ccc(F)c(F)c1F)N1CCNCC1.Cl.Cl. The molecule has 1 N–H and O–H groups in total. The summed E-state index contributed by atoms with van der Waals surface area (Å²) in [5.74, 6) is -3.52. The van der Waals surface area contributed by atoms with E-state index in [0.717, 1.165) is 51.5 Å². The Morgan fingerprint density at radius 2 is 1.73 bits per heavy atom. The predicted molar refractivity (Wildman–Crippen MR) is 87.5 cm³/mol. The summed E-state index contributed by atoms with van der Waals surface area (Å²) in [7, 11) is 0. The molecule has 1 aromatic rings. The molecule has 1 aliphatic heterocycles. The summed E-state index contributed by atoms with van der Waals surface area (Å²) in [5.41, 5.74) is 0.277. The van der Waals surface area contributed by atoms with Crippen LogP contribution in [-0.4, -0.2) is 31.1 Å². The van der Waals surface area contributed by atoms with Crippen LogP contribution in [0, 0.1) is 17.5 Å². The summed E-state index contributed by atoms with van der Waals surface area (Å²) in [6, 6.07) is 2.23. The second-order valence-electron chi connectivity index (χ2n) is 5.21. The Labute approximate surface area is 142 Å². The molecule has 0 saturated carbocycles. The van der Waals surface area contributed by atoms with Gasteiger partial charge in [0.25, 0.3) is 0 Å². The highest BCUT2D eigenvalue weighted by Gasteiger charge is 2.26. The zero-order chi connectivity index (χ0) is 14.5. The van der Waals surface area contributed by atoms with Crippen molar-refractivity contribution in [2.75, 3.05) is 26.2 Å². The van der Waals surface area contributed by atoms with Gasteiger partial charge >= 0.3 is 0 Å². The summed E-state index contributed by atoms with van der Waals surface area (Å²) in [5, 5.41) is 3.24. The molecular formula is C15H23Cl2F3N2. The Morgan fingerprint density at radius 3 is 2.32 bits per heavy atom. The van der Waals surface area contributed by atoms with Gasteiger partial charge in [-0.05, 0) is 12.5 Å². The minimum absolute atomic E-state index is 0. The van der Waals surface area contributed by atoms with Crippen LogP contribution in [0.5, 0.6) is 0 Å². The Kier molecular flexibility index (Phi) is 10.1. The van der Waals surface area contributed by atoms with Crippen molar-refractivity contribution < 1.29 is 13.2 Å². The third kappa shape index (κ3) is 5.01. The molecule has 0 radical (unpaired) electrons. The van der Waals surface area contributed by atoms with E-state index in [0.29, 0.717) is 0 Å². The lowest BCUT2D eigenvalue weighted by atomic mass is 9.98. The Bertz CT molecular complexity index is 455. The summed E-state index contributed by atoms with van der Waals surface area (Å²) in [6.07, 6.45) is 2.69. The highest BCUT2D eigenvalue weighted by molar-refractivity contribution is 5.85. The lowest BCUT2D eigenvalue weighted by molar-refractivity contribution is 0.159. The van der Waals surface area contributed by atoms with Gasteiger partial charge in [-0.15, -0.1) is 24.8 Å². The first-order valence-corrected chi connectivity index (χ1v) is 7.23. The first kappa shape index (κ1) is 21.5. The Balaban J connectivity index is 0.00000220. The number of piperazine rings is 1. The standard InChI is InChI=1S/C15H21F3N2.2ClH/c1-2-3-4-13(20-9-7-19-8-10-20)11-5-6-12(16)15(18)14(11)17;;/h5-6,13,19H,2-4,7-10H2,1H3;2*1H/t13-;;/m0../s1. The molecule has 2 rings (SSSR count). The van der Waals surface area contributed by atoms with Gasteiger partial charge < -0.3 is 5.32 Å². The molecule has 7 heteroatoms. The molecule has 0 amide bonds. The van der Waals surface area contributed by atoms with E-state index in [1.807, 2.05) is 0 Å². The fourth-order valence-electron chi connectivity index (χ4n) is 2.72. The van der Waals surface area contributed by atoms with E-state index < -0.39 is 17.5 Å². The zero-order valence-electron chi connectivity index (χ0n) is 12.6. The van der Waals surface area contributed by atoms with Crippen molar-refractivity contribution in [3.63, 3.8) is 0 Å². The van der Waals surface area contributed by atoms with E-state index in [9.17, 15) is 13.2 Å². The van der Waals surface area contributed by atoms with Gasteiger partial charge in [0.05, 0.1) is 0 Å². The maximum Gasteiger partial charge on any atom is 0.194 e. The van der Waals surface area contributed by atoms with Crippen LogP contribution in [0.2, 0.25) is 0 Å². The number of nitrogens with zero attached hydrogens (tertiary/aromatic N) is 1. The molecule has 128 valence electrons. The van der Waals surface area contributed by atoms with E-state index in [4.69, 9.17) is 0 Å². The second-order valence-corrected chi connectivity index (χ2v) is 5.21. The molecule has 1 saturated heterocycles. The topological polar surface area (TPSA) is 15.3 Å². The van der Waals surface area contributed by atoms with Crippen molar-refractivity contribution >= 4 is 24.8 Å².